The van der Waals surface area contributed by atoms with Crippen LogP contribution >= 0.6 is 0 Å². The standard InChI is InChI=1S/C20H21N5O3/c1-13(26)9-22-19(27)18-8-5-16(12-21-18)25-20-23-10-15(11-24-20)14-3-6-17(28-2)7-4-14/h3-8,10-13,26H,9H2,1-2H3,(H,22,27)(H,23,24,25). The van der Waals surface area contributed by atoms with Crippen molar-refractivity contribution in [3.63, 3.8) is 0 Å². The molecule has 1 atom stereocenters. The minimum atomic E-state index is -0.608. The Kier molecular flexibility index (Phi) is 6.13. The van der Waals surface area contributed by atoms with Crippen molar-refractivity contribution in [2.45, 2.75) is 13.0 Å². The molecular formula is C20H21N5O3. The Morgan fingerprint density at radius 2 is 1.75 bits per heavy atom. The van der Waals surface area contributed by atoms with Crippen molar-refractivity contribution in [2.24, 2.45) is 0 Å². The zero-order valence-electron chi connectivity index (χ0n) is 15.6. The Labute approximate surface area is 162 Å². The number of methoxy groups -OCH3 is 1. The van der Waals surface area contributed by atoms with Gasteiger partial charge in [0.25, 0.3) is 5.91 Å². The van der Waals surface area contributed by atoms with E-state index in [9.17, 15) is 9.90 Å². The van der Waals surface area contributed by atoms with Gasteiger partial charge in [-0.1, -0.05) is 12.1 Å². The molecule has 28 heavy (non-hydrogen) atoms. The first kappa shape index (κ1) is 19.2. The zero-order chi connectivity index (χ0) is 19.9. The van der Waals surface area contributed by atoms with E-state index in [-0.39, 0.29) is 18.1 Å². The van der Waals surface area contributed by atoms with Gasteiger partial charge in [-0.2, -0.15) is 0 Å². The van der Waals surface area contributed by atoms with Gasteiger partial charge in [0.2, 0.25) is 5.95 Å². The molecule has 2 aromatic heterocycles. The van der Waals surface area contributed by atoms with E-state index in [0.717, 1.165) is 16.9 Å². The normalized spacial score (nSPS) is 11.5. The van der Waals surface area contributed by atoms with Crippen molar-refractivity contribution >= 4 is 17.5 Å². The lowest BCUT2D eigenvalue weighted by atomic mass is 10.1. The van der Waals surface area contributed by atoms with Crippen LogP contribution < -0.4 is 15.4 Å². The molecule has 0 aliphatic heterocycles. The van der Waals surface area contributed by atoms with Crippen LogP contribution in [0.5, 0.6) is 5.75 Å². The molecule has 1 amide bonds. The number of hydrogen-bond acceptors (Lipinski definition) is 7. The molecule has 8 heteroatoms. The third-order valence-corrected chi connectivity index (χ3v) is 3.89. The van der Waals surface area contributed by atoms with Gasteiger partial charge < -0.3 is 20.5 Å². The Hall–Kier alpha value is -3.52. The summed E-state index contributed by atoms with van der Waals surface area (Å²) in [4.78, 5) is 24.6. The van der Waals surface area contributed by atoms with Crippen LogP contribution in [0, 0.1) is 0 Å². The predicted octanol–water partition coefficient (Wildman–Crippen LogP) is 2.40. The molecule has 0 bridgehead atoms. The molecule has 0 saturated carbocycles. The van der Waals surface area contributed by atoms with E-state index in [4.69, 9.17) is 4.74 Å². The maximum absolute atomic E-state index is 11.9. The highest BCUT2D eigenvalue weighted by molar-refractivity contribution is 5.92. The number of aromatic nitrogens is 3. The number of hydrogen-bond donors (Lipinski definition) is 3. The maximum Gasteiger partial charge on any atom is 0.269 e. The van der Waals surface area contributed by atoms with Crippen molar-refractivity contribution < 1.29 is 14.6 Å². The molecule has 2 heterocycles. The lowest BCUT2D eigenvalue weighted by Gasteiger charge is -2.08. The lowest BCUT2D eigenvalue weighted by Crippen LogP contribution is -2.31. The quantitative estimate of drug-likeness (QED) is 0.578. The summed E-state index contributed by atoms with van der Waals surface area (Å²) in [5.74, 6) is 0.872. The van der Waals surface area contributed by atoms with Crippen molar-refractivity contribution in [1.29, 1.82) is 0 Å². The average molecular weight is 379 g/mol. The first-order valence-electron chi connectivity index (χ1n) is 8.71. The smallest absolute Gasteiger partial charge is 0.269 e. The number of anilines is 2. The van der Waals surface area contributed by atoms with Crippen molar-refractivity contribution in [1.82, 2.24) is 20.3 Å². The Morgan fingerprint density at radius 1 is 1.04 bits per heavy atom. The van der Waals surface area contributed by atoms with Gasteiger partial charge in [0.15, 0.2) is 0 Å². The number of pyridine rings is 1. The van der Waals surface area contributed by atoms with Crippen molar-refractivity contribution in [2.75, 3.05) is 19.0 Å². The number of amides is 1. The third kappa shape index (κ3) is 5.01. The molecule has 3 N–H and O–H groups in total. The summed E-state index contributed by atoms with van der Waals surface area (Å²) in [6, 6.07) is 10.9. The van der Waals surface area contributed by atoms with Crippen LogP contribution in [0.4, 0.5) is 11.6 Å². The Balaban J connectivity index is 1.62. The summed E-state index contributed by atoms with van der Waals surface area (Å²) < 4.78 is 5.15. The van der Waals surface area contributed by atoms with Crippen LogP contribution in [0.2, 0.25) is 0 Å². The summed E-state index contributed by atoms with van der Waals surface area (Å²) >= 11 is 0. The van der Waals surface area contributed by atoms with E-state index in [0.29, 0.717) is 11.6 Å². The minimum absolute atomic E-state index is 0.175. The van der Waals surface area contributed by atoms with Crippen LogP contribution in [-0.2, 0) is 0 Å². The molecule has 3 aromatic rings. The predicted molar refractivity (Wildman–Crippen MR) is 106 cm³/mol. The van der Waals surface area contributed by atoms with Gasteiger partial charge in [-0.25, -0.2) is 15.0 Å². The first-order chi connectivity index (χ1) is 13.5. The molecule has 0 fully saturated rings. The summed E-state index contributed by atoms with van der Waals surface area (Å²) in [5, 5.41) is 14.8. The molecule has 0 radical (unpaired) electrons. The number of carbonyl (C=O) groups is 1. The number of benzene rings is 1. The fourth-order valence-corrected chi connectivity index (χ4v) is 2.39. The van der Waals surface area contributed by atoms with Gasteiger partial charge in [-0.05, 0) is 36.8 Å². The van der Waals surface area contributed by atoms with E-state index in [1.165, 1.54) is 6.20 Å². The zero-order valence-corrected chi connectivity index (χ0v) is 15.6. The van der Waals surface area contributed by atoms with Gasteiger partial charge in [0, 0.05) is 24.5 Å². The number of aliphatic hydroxyl groups is 1. The molecule has 0 aliphatic rings. The summed E-state index contributed by atoms with van der Waals surface area (Å²) in [5.41, 5.74) is 2.80. The molecule has 1 aromatic carbocycles. The van der Waals surface area contributed by atoms with E-state index in [2.05, 4.69) is 25.6 Å². The van der Waals surface area contributed by atoms with Gasteiger partial charge in [-0.15, -0.1) is 0 Å². The minimum Gasteiger partial charge on any atom is -0.497 e. The number of rotatable bonds is 7. The topological polar surface area (TPSA) is 109 Å². The molecular weight excluding hydrogens is 358 g/mol. The van der Waals surface area contributed by atoms with Crippen LogP contribution in [0.25, 0.3) is 11.1 Å². The van der Waals surface area contributed by atoms with Gasteiger partial charge in [-0.3, -0.25) is 4.79 Å². The largest absolute Gasteiger partial charge is 0.497 e. The first-order valence-corrected chi connectivity index (χ1v) is 8.71. The maximum atomic E-state index is 11.9. The number of ether oxygens (including phenoxy) is 1. The van der Waals surface area contributed by atoms with Crippen LogP contribution in [0.15, 0.2) is 55.0 Å². The van der Waals surface area contributed by atoms with E-state index in [1.54, 1.807) is 38.6 Å². The molecule has 0 spiro atoms. The van der Waals surface area contributed by atoms with Gasteiger partial charge in [0.05, 0.1) is 25.1 Å². The number of carbonyl (C=O) groups excluding carboxylic acids is 1. The average Bonchev–Trinajstić information content (AvgIpc) is 2.73. The van der Waals surface area contributed by atoms with E-state index >= 15 is 0 Å². The summed E-state index contributed by atoms with van der Waals surface area (Å²) in [6.45, 7) is 1.77. The number of nitrogens with zero attached hydrogens (tertiary/aromatic N) is 3. The highest BCUT2D eigenvalue weighted by Gasteiger charge is 2.08. The molecule has 8 nitrogen and oxygen atoms in total. The highest BCUT2D eigenvalue weighted by Crippen LogP contribution is 2.22. The van der Waals surface area contributed by atoms with Gasteiger partial charge in [0.1, 0.15) is 11.4 Å². The third-order valence-electron chi connectivity index (χ3n) is 3.89. The molecule has 0 saturated heterocycles. The highest BCUT2D eigenvalue weighted by atomic mass is 16.5. The molecule has 1 unspecified atom stereocenters. The molecule has 0 aliphatic carbocycles. The lowest BCUT2D eigenvalue weighted by molar-refractivity contribution is 0.0919. The molecule has 144 valence electrons. The SMILES string of the molecule is COc1ccc(-c2cnc(Nc3ccc(C(=O)NCC(C)O)nc3)nc2)cc1. The summed E-state index contributed by atoms with van der Waals surface area (Å²) in [6.07, 6.45) is 4.37. The molecule has 3 rings (SSSR count). The fourth-order valence-electron chi connectivity index (χ4n) is 2.39. The van der Waals surface area contributed by atoms with Crippen molar-refractivity contribution in [3.8, 4) is 16.9 Å². The Bertz CT molecular complexity index is 910. The second kappa shape index (κ2) is 8.92. The van der Waals surface area contributed by atoms with E-state index in [1.807, 2.05) is 24.3 Å². The number of nitrogens with one attached hydrogen (secondary N) is 2. The van der Waals surface area contributed by atoms with Crippen LogP contribution in [-0.4, -0.2) is 45.7 Å². The van der Waals surface area contributed by atoms with Crippen molar-refractivity contribution in [3.05, 3.63) is 60.7 Å². The second-order valence-electron chi connectivity index (χ2n) is 6.14. The van der Waals surface area contributed by atoms with E-state index < -0.39 is 6.10 Å². The summed E-state index contributed by atoms with van der Waals surface area (Å²) in [7, 11) is 1.63. The van der Waals surface area contributed by atoms with Crippen LogP contribution in [0.3, 0.4) is 0 Å². The van der Waals surface area contributed by atoms with Gasteiger partial charge >= 0.3 is 0 Å². The van der Waals surface area contributed by atoms with Crippen LogP contribution in [0.1, 0.15) is 17.4 Å². The monoisotopic (exact) mass is 379 g/mol. The number of aliphatic hydroxyl groups excluding tert-OH is 1. The Morgan fingerprint density at radius 3 is 2.32 bits per heavy atom. The second-order valence-corrected chi connectivity index (χ2v) is 6.14. The fraction of sp³-hybridized carbons (Fsp3) is 0.200.